The highest BCUT2D eigenvalue weighted by Gasteiger charge is 2.34. The van der Waals surface area contributed by atoms with Crippen LogP contribution < -0.4 is 5.32 Å². The van der Waals surface area contributed by atoms with Crippen molar-refractivity contribution in [3.05, 3.63) is 28.8 Å². The molecular formula is C15H21N5OS. The number of amides is 1. The first-order valence-electron chi connectivity index (χ1n) is 7.48. The molecule has 0 saturated heterocycles. The molecule has 118 valence electrons. The Morgan fingerprint density at radius 2 is 2.23 bits per heavy atom. The number of nitrogens with one attached hydrogen (secondary N) is 1. The first kappa shape index (κ1) is 15.1. The summed E-state index contributed by atoms with van der Waals surface area (Å²) in [5, 5.41) is 4.08. The summed E-state index contributed by atoms with van der Waals surface area (Å²) in [7, 11) is 1.95. The summed E-state index contributed by atoms with van der Waals surface area (Å²) in [5.74, 6) is 1.10. The van der Waals surface area contributed by atoms with Gasteiger partial charge in [-0.15, -0.1) is 0 Å². The monoisotopic (exact) mass is 319 g/mol. The maximum atomic E-state index is 12.7. The number of hydrogen-bond acceptors (Lipinski definition) is 5. The molecule has 0 aromatic carbocycles. The molecule has 22 heavy (non-hydrogen) atoms. The van der Waals surface area contributed by atoms with Gasteiger partial charge in [0, 0.05) is 31.7 Å². The Balaban J connectivity index is 1.80. The van der Waals surface area contributed by atoms with Gasteiger partial charge in [0.1, 0.15) is 5.82 Å². The Morgan fingerprint density at radius 3 is 2.82 bits per heavy atom. The molecule has 1 unspecified atom stereocenters. The van der Waals surface area contributed by atoms with E-state index in [2.05, 4.69) is 34.0 Å². The summed E-state index contributed by atoms with van der Waals surface area (Å²) in [5.41, 5.74) is 1.00. The van der Waals surface area contributed by atoms with Crippen molar-refractivity contribution in [2.75, 3.05) is 13.1 Å². The maximum absolute atomic E-state index is 12.7. The molecular weight excluding hydrogens is 298 g/mol. The summed E-state index contributed by atoms with van der Waals surface area (Å²) in [6, 6.07) is -0.106. The van der Waals surface area contributed by atoms with E-state index < -0.39 is 0 Å². The first-order valence-corrected chi connectivity index (χ1v) is 8.29. The zero-order valence-electron chi connectivity index (χ0n) is 13.3. The van der Waals surface area contributed by atoms with Crippen LogP contribution in [0.5, 0.6) is 0 Å². The number of carbonyl (C=O) groups excluding carboxylic acids is 1. The number of rotatable bonds is 4. The number of nitrogens with zero attached hydrogens (tertiary/aromatic N) is 4. The second kappa shape index (κ2) is 5.79. The van der Waals surface area contributed by atoms with E-state index in [1.165, 1.54) is 11.8 Å². The van der Waals surface area contributed by atoms with Crippen molar-refractivity contribution in [3.63, 3.8) is 0 Å². The largest absolute Gasteiger partial charge is 0.341 e. The number of hydrogen-bond donors (Lipinski definition) is 1. The molecule has 0 aliphatic carbocycles. The highest BCUT2D eigenvalue weighted by Crippen LogP contribution is 2.36. The van der Waals surface area contributed by atoms with Gasteiger partial charge in [-0.05, 0) is 24.6 Å². The number of carbonyl (C=O) groups is 1. The van der Waals surface area contributed by atoms with Gasteiger partial charge in [0.25, 0.3) is 5.91 Å². The Bertz CT molecular complexity index is 661. The maximum Gasteiger partial charge on any atom is 0.260 e. The molecule has 6 nitrogen and oxygen atoms in total. The number of amidine groups is 1. The lowest BCUT2D eigenvalue weighted by Crippen LogP contribution is -2.34. The van der Waals surface area contributed by atoms with Crippen LogP contribution in [0.2, 0.25) is 0 Å². The lowest BCUT2D eigenvalue weighted by Gasteiger charge is -2.22. The second-order valence-electron chi connectivity index (χ2n) is 5.92. The normalized spacial score (nSPS) is 18.8. The number of thioether (sulfide) groups is 1. The van der Waals surface area contributed by atoms with Gasteiger partial charge in [0.15, 0.2) is 5.17 Å². The molecule has 7 heteroatoms. The Hall–Kier alpha value is -1.76. The predicted molar refractivity (Wildman–Crippen MR) is 88.2 cm³/mol. The van der Waals surface area contributed by atoms with Crippen LogP contribution in [-0.2, 0) is 11.8 Å². The second-order valence-corrected chi connectivity index (χ2v) is 6.90. The summed E-state index contributed by atoms with van der Waals surface area (Å²) in [6.07, 6.45) is 3.66. The number of fused-ring (bicyclic) bond motifs is 1. The Labute approximate surface area is 134 Å². The van der Waals surface area contributed by atoms with E-state index in [1.807, 2.05) is 24.7 Å². The zero-order valence-corrected chi connectivity index (χ0v) is 14.1. The van der Waals surface area contributed by atoms with Crippen molar-refractivity contribution in [2.24, 2.45) is 18.0 Å². The van der Waals surface area contributed by atoms with Gasteiger partial charge in [0.2, 0.25) is 0 Å². The number of aliphatic imine (C=N–C) groups is 1. The summed E-state index contributed by atoms with van der Waals surface area (Å²) in [6.45, 7) is 7.85. The van der Waals surface area contributed by atoms with Crippen LogP contribution in [0.4, 0.5) is 0 Å². The Kier molecular flexibility index (Phi) is 3.99. The van der Waals surface area contributed by atoms with Crippen LogP contribution in [0.1, 0.15) is 32.6 Å². The topological polar surface area (TPSA) is 62.5 Å². The minimum atomic E-state index is -0.106. The third-order valence-electron chi connectivity index (χ3n) is 4.02. The number of aryl methyl sites for hydroxylation is 1. The van der Waals surface area contributed by atoms with Crippen LogP contribution in [-0.4, -0.2) is 38.6 Å². The quantitative estimate of drug-likeness (QED) is 0.920. The van der Waals surface area contributed by atoms with E-state index in [0.717, 1.165) is 34.7 Å². The van der Waals surface area contributed by atoms with Crippen molar-refractivity contribution >= 4 is 22.8 Å². The van der Waals surface area contributed by atoms with Crippen molar-refractivity contribution < 1.29 is 4.79 Å². The van der Waals surface area contributed by atoms with Gasteiger partial charge in [0.05, 0.1) is 17.5 Å². The van der Waals surface area contributed by atoms with Gasteiger partial charge in [-0.2, -0.15) is 0 Å². The van der Waals surface area contributed by atoms with Crippen molar-refractivity contribution in [1.82, 2.24) is 19.8 Å². The molecule has 1 N–H and O–H groups in total. The summed E-state index contributed by atoms with van der Waals surface area (Å²) in [4.78, 5) is 24.4. The molecule has 1 amide bonds. The zero-order chi connectivity index (χ0) is 15.9. The number of aromatic nitrogens is 2. The van der Waals surface area contributed by atoms with Gasteiger partial charge in [-0.1, -0.05) is 13.8 Å². The molecule has 0 spiro atoms. The molecule has 2 aliphatic heterocycles. The minimum absolute atomic E-state index is 0.0405. The average molecular weight is 319 g/mol. The highest BCUT2D eigenvalue weighted by molar-refractivity contribution is 8.18. The van der Waals surface area contributed by atoms with E-state index in [9.17, 15) is 4.79 Å². The first-order chi connectivity index (χ1) is 10.5. The van der Waals surface area contributed by atoms with Gasteiger partial charge in [-0.25, -0.2) is 4.98 Å². The third-order valence-corrected chi connectivity index (χ3v) is 5.24. The predicted octanol–water partition coefficient (Wildman–Crippen LogP) is 1.88. The molecule has 2 aliphatic rings. The molecule has 1 aromatic rings. The number of imidazole rings is 1. The minimum Gasteiger partial charge on any atom is -0.341 e. The highest BCUT2D eigenvalue weighted by atomic mass is 32.2. The molecule has 3 rings (SSSR count). The average Bonchev–Trinajstić information content (AvgIpc) is 3.14. The summed E-state index contributed by atoms with van der Waals surface area (Å²) >= 11 is 1.47. The van der Waals surface area contributed by atoms with Crippen molar-refractivity contribution in [1.29, 1.82) is 0 Å². The van der Waals surface area contributed by atoms with E-state index in [4.69, 9.17) is 0 Å². The number of allylic oxidation sites excluding steroid dienone is 1. The van der Waals surface area contributed by atoms with Gasteiger partial charge < -0.3 is 14.8 Å². The molecule has 0 radical (unpaired) electrons. The Morgan fingerprint density at radius 1 is 1.45 bits per heavy atom. The van der Waals surface area contributed by atoms with Crippen LogP contribution in [0.25, 0.3) is 0 Å². The van der Waals surface area contributed by atoms with Crippen LogP contribution in [0.15, 0.2) is 28.0 Å². The fourth-order valence-electron chi connectivity index (χ4n) is 2.74. The lowest BCUT2D eigenvalue weighted by molar-refractivity contribution is -0.118. The fraction of sp³-hybridized carbons (Fsp3) is 0.533. The lowest BCUT2D eigenvalue weighted by atomic mass is 10.0. The van der Waals surface area contributed by atoms with Gasteiger partial charge >= 0.3 is 0 Å². The third kappa shape index (κ3) is 2.54. The molecule has 0 bridgehead atoms. The van der Waals surface area contributed by atoms with Gasteiger partial charge in [-0.3, -0.25) is 9.79 Å². The van der Waals surface area contributed by atoms with Crippen molar-refractivity contribution in [3.8, 4) is 0 Å². The SMILES string of the molecule is CC1=C(C(=O)NC(c2nccn2C)C(C)C)SC2=NCCN21. The van der Waals surface area contributed by atoms with Crippen LogP contribution >= 0.6 is 11.8 Å². The van der Waals surface area contributed by atoms with E-state index in [-0.39, 0.29) is 17.9 Å². The summed E-state index contributed by atoms with van der Waals surface area (Å²) < 4.78 is 1.95. The molecule has 0 saturated carbocycles. The van der Waals surface area contributed by atoms with Crippen LogP contribution in [0.3, 0.4) is 0 Å². The molecule has 0 fully saturated rings. The smallest absolute Gasteiger partial charge is 0.260 e. The molecule has 3 heterocycles. The van der Waals surface area contributed by atoms with E-state index >= 15 is 0 Å². The van der Waals surface area contributed by atoms with Crippen molar-refractivity contribution in [2.45, 2.75) is 26.8 Å². The van der Waals surface area contributed by atoms with Crippen LogP contribution in [0, 0.1) is 5.92 Å². The van der Waals surface area contributed by atoms with E-state index in [1.54, 1.807) is 6.20 Å². The standard InChI is InChI=1S/C15H21N5OS/c1-9(2)11(13-16-5-7-19(13)4)18-14(21)12-10(3)20-8-6-17-15(20)22-12/h5,7,9,11H,6,8H2,1-4H3,(H,18,21). The van der Waals surface area contributed by atoms with E-state index in [0.29, 0.717) is 0 Å². The molecule has 1 atom stereocenters. The molecule has 1 aromatic heterocycles. The fourth-order valence-corrected chi connectivity index (χ4v) is 3.82.